The van der Waals surface area contributed by atoms with Crippen LogP contribution < -0.4 is 0 Å². The Kier molecular flexibility index (Phi) is 3.88. The van der Waals surface area contributed by atoms with E-state index in [0.717, 1.165) is 53.9 Å². The molecule has 6 fully saturated rings. The van der Waals surface area contributed by atoms with Crippen LogP contribution >= 0.6 is 0 Å². The zero-order valence-corrected chi connectivity index (χ0v) is 17.0. The van der Waals surface area contributed by atoms with Crippen LogP contribution in [0.25, 0.3) is 0 Å². The van der Waals surface area contributed by atoms with E-state index in [1.54, 1.807) is 0 Å². The second-order valence-electron chi connectivity index (χ2n) is 11.4. The van der Waals surface area contributed by atoms with Crippen LogP contribution in [0.1, 0.15) is 67.2 Å². The molecule has 1 heteroatoms. The first kappa shape index (κ1) is 17.2. The second kappa shape index (κ2) is 5.40. The molecule has 6 aliphatic carbocycles. The Morgan fingerprint density at radius 3 is 1.54 bits per heavy atom. The first-order chi connectivity index (χ1) is 11.2. The van der Waals surface area contributed by atoms with Crippen molar-refractivity contribution in [2.75, 3.05) is 0 Å². The minimum absolute atomic E-state index is 0.622. The van der Waals surface area contributed by atoms with Gasteiger partial charge in [-0.3, -0.25) is 0 Å². The summed E-state index contributed by atoms with van der Waals surface area (Å²) in [5, 5.41) is 0. The number of hydrogen-bond acceptors (Lipinski definition) is 0. The van der Waals surface area contributed by atoms with Gasteiger partial charge in [-0.15, -0.1) is 6.58 Å². The lowest BCUT2D eigenvalue weighted by atomic mass is 9.20. The van der Waals surface area contributed by atoms with Crippen molar-refractivity contribution >= 4 is 6.71 Å². The molecule has 0 radical (unpaired) electrons. The van der Waals surface area contributed by atoms with Crippen LogP contribution in [0.3, 0.4) is 0 Å². The third-order valence-electron chi connectivity index (χ3n) is 10.4. The van der Waals surface area contributed by atoms with Gasteiger partial charge in [-0.2, -0.15) is 0 Å². The van der Waals surface area contributed by atoms with Gasteiger partial charge < -0.3 is 0 Å². The van der Waals surface area contributed by atoms with E-state index in [2.05, 4.69) is 54.2 Å². The summed E-state index contributed by atoms with van der Waals surface area (Å²) in [7, 11) is 0. The zero-order valence-electron chi connectivity index (χ0n) is 17.0. The van der Waals surface area contributed by atoms with E-state index in [9.17, 15) is 0 Å². The fraction of sp³-hybridized carbons (Fsp3) is 0.913. The van der Waals surface area contributed by atoms with Gasteiger partial charge in [-0.1, -0.05) is 78.4 Å². The molecule has 134 valence electrons. The SMILES string of the molecule is C=CCB([C@H]1C[C@H]2C[C@@H]([C@@H]1C)C2(C)C)[C@H]1C[C@H]2C[C@@H]([C@H]1C)C2(C)C. The van der Waals surface area contributed by atoms with E-state index in [-0.39, 0.29) is 0 Å². The molecule has 6 rings (SSSR count). The highest BCUT2D eigenvalue weighted by Crippen LogP contribution is 2.69. The summed E-state index contributed by atoms with van der Waals surface area (Å²) in [6.07, 6.45) is 9.56. The first-order valence-corrected chi connectivity index (χ1v) is 10.8. The summed E-state index contributed by atoms with van der Waals surface area (Å²) in [6.45, 7) is 20.4. The van der Waals surface area contributed by atoms with Gasteiger partial charge in [0.15, 0.2) is 6.71 Å². The molecule has 4 bridgehead atoms. The predicted molar refractivity (Wildman–Crippen MR) is 107 cm³/mol. The molecule has 0 heterocycles. The van der Waals surface area contributed by atoms with E-state index in [4.69, 9.17) is 0 Å². The van der Waals surface area contributed by atoms with Crippen molar-refractivity contribution in [3.63, 3.8) is 0 Å². The van der Waals surface area contributed by atoms with Gasteiger partial charge in [-0.05, 0) is 59.2 Å². The quantitative estimate of drug-likeness (QED) is 0.393. The molecular formula is C23H39B. The Morgan fingerprint density at radius 2 is 1.25 bits per heavy atom. The lowest BCUT2D eigenvalue weighted by Crippen LogP contribution is -2.59. The summed E-state index contributed by atoms with van der Waals surface area (Å²) in [6, 6.07) is 0. The third kappa shape index (κ3) is 2.11. The first-order valence-electron chi connectivity index (χ1n) is 10.8. The Balaban J connectivity index is 1.55. The maximum atomic E-state index is 4.16. The van der Waals surface area contributed by atoms with Crippen molar-refractivity contribution in [3.05, 3.63) is 12.7 Å². The normalized spacial score (nSPS) is 50.4. The summed E-state index contributed by atoms with van der Waals surface area (Å²) in [4.78, 5) is 0. The summed E-state index contributed by atoms with van der Waals surface area (Å²) in [5.41, 5.74) is 1.24. The minimum Gasteiger partial charge on any atom is -0.104 e. The third-order valence-corrected chi connectivity index (χ3v) is 10.4. The molecule has 0 unspecified atom stereocenters. The van der Waals surface area contributed by atoms with Crippen LogP contribution in [0, 0.1) is 46.3 Å². The molecule has 0 N–H and O–H groups in total. The minimum atomic E-state index is 0.622. The molecular weight excluding hydrogens is 287 g/mol. The van der Waals surface area contributed by atoms with E-state index in [1.807, 2.05) is 0 Å². The molecule has 0 aromatic carbocycles. The smallest absolute Gasteiger partial charge is 0.104 e. The van der Waals surface area contributed by atoms with Gasteiger partial charge in [0.25, 0.3) is 0 Å². The zero-order chi connectivity index (χ0) is 17.4. The number of allylic oxidation sites excluding steroid dienone is 1. The molecule has 0 aromatic rings. The van der Waals surface area contributed by atoms with Crippen LogP contribution in [0.5, 0.6) is 0 Å². The van der Waals surface area contributed by atoms with Gasteiger partial charge >= 0.3 is 0 Å². The van der Waals surface area contributed by atoms with Gasteiger partial charge in [-0.25, -0.2) is 0 Å². The molecule has 6 aliphatic rings. The molecule has 6 saturated carbocycles. The topological polar surface area (TPSA) is 0 Å². The second-order valence-corrected chi connectivity index (χ2v) is 11.4. The molecule has 0 spiro atoms. The number of hydrogen-bond donors (Lipinski definition) is 0. The lowest BCUT2D eigenvalue weighted by molar-refractivity contribution is -0.107. The lowest BCUT2D eigenvalue weighted by Gasteiger charge is -2.66. The molecule has 0 amide bonds. The largest absolute Gasteiger partial charge is 0.150 e. The molecule has 0 saturated heterocycles. The van der Waals surface area contributed by atoms with Crippen LogP contribution in [-0.4, -0.2) is 6.71 Å². The molecule has 0 aromatic heterocycles. The van der Waals surface area contributed by atoms with Gasteiger partial charge in [0.2, 0.25) is 0 Å². The number of fused-ring (bicyclic) bond motifs is 4. The van der Waals surface area contributed by atoms with Gasteiger partial charge in [0.05, 0.1) is 0 Å². The maximum Gasteiger partial charge on any atom is 0.150 e. The van der Waals surface area contributed by atoms with Crippen LogP contribution in [-0.2, 0) is 0 Å². The molecule has 24 heavy (non-hydrogen) atoms. The highest BCUT2D eigenvalue weighted by atomic mass is 14.6. The average molecular weight is 326 g/mol. The van der Waals surface area contributed by atoms with Crippen molar-refractivity contribution in [1.29, 1.82) is 0 Å². The highest BCUT2D eigenvalue weighted by Gasteiger charge is 2.61. The van der Waals surface area contributed by atoms with Gasteiger partial charge in [0.1, 0.15) is 0 Å². The Hall–Kier alpha value is -0.195. The number of rotatable bonds is 4. The van der Waals surface area contributed by atoms with E-state index in [0.29, 0.717) is 10.8 Å². The summed E-state index contributed by atoms with van der Waals surface area (Å²) in [5.74, 6) is 7.75. The predicted octanol–water partition coefficient (Wildman–Crippen LogP) is 6.81. The van der Waals surface area contributed by atoms with Crippen molar-refractivity contribution < 1.29 is 0 Å². The van der Waals surface area contributed by atoms with Crippen LogP contribution in [0.2, 0.25) is 18.0 Å². The fourth-order valence-corrected chi connectivity index (χ4v) is 8.37. The molecule has 8 atom stereocenters. The summed E-state index contributed by atoms with van der Waals surface area (Å²) < 4.78 is 0. The van der Waals surface area contributed by atoms with Gasteiger partial charge in [0, 0.05) is 0 Å². The summed E-state index contributed by atoms with van der Waals surface area (Å²) >= 11 is 0. The maximum absolute atomic E-state index is 4.16. The van der Waals surface area contributed by atoms with E-state index < -0.39 is 0 Å². The standard InChI is InChI=1S/C23H39B/c1-8-9-24(20-12-16-10-18(14(20)2)22(16,4)5)21-13-17-11-19(15(21)3)23(17,6)7/h8,14-21H,1,9-13H2,2-7H3/t14-,15+,16-,17-,18+,19+,20+,21+/m1/s1. The Labute approximate surface area is 151 Å². The average Bonchev–Trinajstić information content (AvgIpc) is 2.52. The molecule has 0 aliphatic heterocycles. The van der Waals surface area contributed by atoms with E-state index >= 15 is 0 Å². The molecule has 0 nitrogen and oxygen atoms in total. The fourth-order valence-electron chi connectivity index (χ4n) is 8.37. The van der Waals surface area contributed by atoms with Crippen LogP contribution in [0.4, 0.5) is 0 Å². The van der Waals surface area contributed by atoms with Crippen molar-refractivity contribution in [2.24, 2.45) is 46.3 Å². The van der Waals surface area contributed by atoms with Crippen LogP contribution in [0.15, 0.2) is 12.7 Å². The van der Waals surface area contributed by atoms with E-state index in [1.165, 1.54) is 32.0 Å². The Bertz CT molecular complexity index is 476. The Morgan fingerprint density at radius 1 is 0.833 bits per heavy atom. The van der Waals surface area contributed by atoms with Crippen molar-refractivity contribution in [1.82, 2.24) is 0 Å². The van der Waals surface area contributed by atoms with Crippen molar-refractivity contribution in [2.45, 2.75) is 85.2 Å². The van der Waals surface area contributed by atoms with Crippen molar-refractivity contribution in [3.8, 4) is 0 Å². The highest BCUT2D eigenvalue weighted by molar-refractivity contribution is 6.62. The monoisotopic (exact) mass is 326 g/mol.